The number of carbonyl (C=O) groups excluding carboxylic acids is 2. The number of hydrogen-bond donors (Lipinski definition) is 0. The molecule has 7 heteroatoms. The number of ether oxygens (including phenoxy) is 1. The van der Waals surface area contributed by atoms with Crippen LogP contribution in [0.1, 0.15) is 36.1 Å². The lowest BCUT2D eigenvalue weighted by atomic mass is 9.91. The van der Waals surface area contributed by atoms with Crippen LogP contribution < -0.4 is 0 Å². The molecular weight excluding hydrogens is 494 g/mol. The molecule has 192 valence electrons. The van der Waals surface area contributed by atoms with Crippen molar-refractivity contribution in [3.8, 4) is 0 Å². The number of aliphatic imine (C=N–C) groups is 1. The maximum absolute atomic E-state index is 13.5. The quantitative estimate of drug-likeness (QED) is 0.339. The molecule has 1 amide bonds. The lowest BCUT2D eigenvalue weighted by Crippen LogP contribution is -2.38. The van der Waals surface area contributed by atoms with E-state index in [0.717, 1.165) is 27.6 Å². The third kappa shape index (κ3) is 5.29. The lowest BCUT2D eigenvalue weighted by molar-refractivity contribution is -0.139. The highest BCUT2D eigenvalue weighted by molar-refractivity contribution is 8.16. The Morgan fingerprint density at radius 3 is 2.24 bits per heavy atom. The van der Waals surface area contributed by atoms with Crippen molar-refractivity contribution < 1.29 is 14.3 Å². The summed E-state index contributed by atoms with van der Waals surface area (Å²) in [6.45, 7) is 2.58. The Kier molecular flexibility index (Phi) is 7.75. The van der Waals surface area contributed by atoms with Crippen molar-refractivity contribution in [1.29, 1.82) is 0 Å². The van der Waals surface area contributed by atoms with E-state index in [1.165, 1.54) is 11.8 Å². The highest BCUT2D eigenvalue weighted by atomic mass is 32.2. The van der Waals surface area contributed by atoms with E-state index in [0.29, 0.717) is 17.8 Å². The van der Waals surface area contributed by atoms with Gasteiger partial charge in [-0.05, 0) is 23.5 Å². The number of carbonyl (C=O) groups is 2. The second-order valence-corrected chi connectivity index (χ2v) is 9.90. The number of amidine groups is 1. The van der Waals surface area contributed by atoms with Crippen molar-refractivity contribution in [2.75, 3.05) is 13.7 Å². The third-order valence-electron chi connectivity index (χ3n) is 6.49. The molecule has 0 fully saturated rings. The van der Waals surface area contributed by atoms with Crippen molar-refractivity contribution >= 4 is 34.5 Å². The summed E-state index contributed by atoms with van der Waals surface area (Å²) in [7, 11) is 1.81. The Morgan fingerprint density at radius 1 is 0.947 bits per heavy atom. The molecule has 6 nitrogen and oxygen atoms in total. The molecule has 2 aliphatic heterocycles. The van der Waals surface area contributed by atoms with Crippen molar-refractivity contribution in [3.05, 3.63) is 124 Å². The first kappa shape index (κ1) is 25.5. The molecule has 3 aromatic rings. The van der Waals surface area contributed by atoms with Gasteiger partial charge in [0, 0.05) is 24.9 Å². The summed E-state index contributed by atoms with van der Waals surface area (Å²) in [5.74, 6) is -0.420. The largest absolute Gasteiger partial charge is 0.463 e. The Labute approximate surface area is 227 Å². The minimum absolute atomic E-state index is 0.00992. The summed E-state index contributed by atoms with van der Waals surface area (Å²) in [4.78, 5) is 35.6. The van der Waals surface area contributed by atoms with Gasteiger partial charge in [-0.3, -0.25) is 4.79 Å². The minimum Gasteiger partial charge on any atom is -0.463 e. The van der Waals surface area contributed by atoms with E-state index in [1.54, 1.807) is 11.8 Å². The van der Waals surface area contributed by atoms with Gasteiger partial charge in [-0.25, -0.2) is 9.79 Å². The topological polar surface area (TPSA) is 62.2 Å². The molecule has 0 saturated carbocycles. The molecule has 3 aromatic carbocycles. The van der Waals surface area contributed by atoms with Crippen LogP contribution in [0.15, 0.2) is 113 Å². The molecule has 5 rings (SSSR count). The van der Waals surface area contributed by atoms with E-state index < -0.39 is 12.0 Å². The highest BCUT2D eigenvalue weighted by Crippen LogP contribution is 2.47. The van der Waals surface area contributed by atoms with E-state index in [4.69, 9.17) is 9.73 Å². The number of nitrogens with zero attached hydrogens (tertiary/aromatic N) is 3. The summed E-state index contributed by atoms with van der Waals surface area (Å²) in [6.07, 6.45) is 0.190. The molecule has 1 atom stereocenters. The van der Waals surface area contributed by atoms with Gasteiger partial charge in [-0.2, -0.15) is 0 Å². The van der Waals surface area contributed by atoms with Crippen LogP contribution in [0.3, 0.4) is 0 Å². The zero-order chi connectivity index (χ0) is 26.5. The summed E-state index contributed by atoms with van der Waals surface area (Å²) in [6, 6.07) is 29.0. The molecule has 2 heterocycles. The number of hydrogen-bond acceptors (Lipinski definition) is 6. The van der Waals surface area contributed by atoms with Gasteiger partial charge in [0.15, 0.2) is 5.17 Å². The summed E-state index contributed by atoms with van der Waals surface area (Å²) < 4.78 is 5.56. The molecule has 0 spiro atoms. The van der Waals surface area contributed by atoms with Gasteiger partial charge in [-0.1, -0.05) is 103 Å². The second kappa shape index (κ2) is 11.5. The molecule has 0 bridgehead atoms. The standard InChI is InChI=1S/C31H29N3O3S/c1-3-37-30(36)27-28(23-15-9-5-10-16-23)32-31-34(29(27)24-17-11-6-12-18-24)25(21-38-31)19-26(35)33(2)20-22-13-7-4-8-14-22/h4-18,21,29H,3,19-20H2,1-2H3/t29-/m1/s1. The van der Waals surface area contributed by atoms with E-state index in [9.17, 15) is 9.59 Å². The highest BCUT2D eigenvalue weighted by Gasteiger charge is 2.42. The van der Waals surface area contributed by atoms with Gasteiger partial charge in [0.1, 0.15) is 0 Å². The maximum Gasteiger partial charge on any atom is 0.338 e. The molecule has 0 N–H and O–H groups in total. The van der Waals surface area contributed by atoms with Crippen molar-refractivity contribution in [2.45, 2.75) is 25.9 Å². The fourth-order valence-electron chi connectivity index (χ4n) is 4.67. The van der Waals surface area contributed by atoms with E-state index in [1.807, 2.05) is 108 Å². The van der Waals surface area contributed by atoms with E-state index in [2.05, 4.69) is 0 Å². The zero-order valence-electron chi connectivity index (χ0n) is 21.4. The number of benzene rings is 3. The minimum atomic E-state index is -0.480. The van der Waals surface area contributed by atoms with Gasteiger partial charge in [0.2, 0.25) is 5.91 Å². The molecule has 0 unspecified atom stereocenters. The van der Waals surface area contributed by atoms with Crippen LogP contribution in [-0.2, 0) is 20.9 Å². The third-order valence-corrected chi connectivity index (χ3v) is 7.38. The van der Waals surface area contributed by atoms with Gasteiger partial charge in [0.05, 0.1) is 30.3 Å². The van der Waals surface area contributed by atoms with Crippen molar-refractivity contribution in [1.82, 2.24) is 9.80 Å². The number of amides is 1. The Hall–Kier alpha value is -4.10. The molecular formula is C31H29N3O3S. The second-order valence-electron chi connectivity index (χ2n) is 9.07. The van der Waals surface area contributed by atoms with Crippen LogP contribution in [-0.4, -0.2) is 40.5 Å². The Morgan fingerprint density at radius 2 is 1.58 bits per heavy atom. The molecule has 0 saturated heterocycles. The maximum atomic E-state index is 13.5. The smallest absolute Gasteiger partial charge is 0.338 e. The number of thioether (sulfide) groups is 1. The first-order valence-electron chi connectivity index (χ1n) is 12.6. The molecule has 38 heavy (non-hydrogen) atoms. The first-order chi connectivity index (χ1) is 18.6. The zero-order valence-corrected chi connectivity index (χ0v) is 22.2. The Bertz CT molecular complexity index is 1400. The van der Waals surface area contributed by atoms with Gasteiger partial charge < -0.3 is 14.5 Å². The van der Waals surface area contributed by atoms with Crippen LogP contribution in [0.2, 0.25) is 0 Å². The summed E-state index contributed by atoms with van der Waals surface area (Å²) in [5, 5.41) is 2.71. The monoisotopic (exact) mass is 523 g/mol. The number of rotatable bonds is 8. The van der Waals surface area contributed by atoms with Gasteiger partial charge in [0.25, 0.3) is 0 Å². The van der Waals surface area contributed by atoms with Crippen LogP contribution in [0, 0.1) is 0 Å². The molecule has 2 aliphatic rings. The molecule has 0 aliphatic carbocycles. The predicted octanol–water partition coefficient (Wildman–Crippen LogP) is 6.01. The van der Waals surface area contributed by atoms with Crippen LogP contribution in [0.5, 0.6) is 0 Å². The fraction of sp³-hybridized carbons (Fsp3) is 0.194. The van der Waals surface area contributed by atoms with Crippen LogP contribution in [0.25, 0.3) is 5.70 Å². The van der Waals surface area contributed by atoms with Gasteiger partial charge >= 0.3 is 5.97 Å². The summed E-state index contributed by atoms with van der Waals surface area (Å²) >= 11 is 1.47. The van der Waals surface area contributed by atoms with E-state index >= 15 is 0 Å². The van der Waals surface area contributed by atoms with Gasteiger partial charge in [-0.15, -0.1) is 0 Å². The summed E-state index contributed by atoms with van der Waals surface area (Å²) in [5.41, 5.74) is 4.71. The lowest BCUT2D eigenvalue weighted by Gasteiger charge is -2.37. The van der Waals surface area contributed by atoms with Crippen molar-refractivity contribution in [3.63, 3.8) is 0 Å². The van der Waals surface area contributed by atoms with E-state index in [-0.39, 0.29) is 18.9 Å². The number of fused-ring (bicyclic) bond motifs is 1. The average Bonchev–Trinajstić information content (AvgIpc) is 3.35. The normalized spacial score (nSPS) is 16.5. The van der Waals surface area contributed by atoms with Crippen molar-refractivity contribution in [2.24, 2.45) is 4.99 Å². The SMILES string of the molecule is CCOC(=O)C1=C(c2ccccc2)N=C2SC=C(CC(=O)N(C)Cc3ccccc3)N2[C@@H]1c1ccccc1. The molecule has 0 radical (unpaired) electrons. The predicted molar refractivity (Wildman–Crippen MR) is 152 cm³/mol. The molecule has 0 aromatic heterocycles. The first-order valence-corrected chi connectivity index (χ1v) is 13.5. The van der Waals surface area contributed by atoms with Crippen LogP contribution >= 0.6 is 11.8 Å². The Balaban J connectivity index is 1.52. The fourth-order valence-corrected chi connectivity index (χ4v) is 5.59. The average molecular weight is 524 g/mol. The van der Waals surface area contributed by atoms with Crippen LogP contribution in [0.4, 0.5) is 0 Å². The number of esters is 1.